The molecule has 2 aromatic rings. The van der Waals surface area contributed by atoms with Crippen molar-refractivity contribution in [1.29, 1.82) is 0 Å². The molecule has 4 rings (SSSR count). The zero-order chi connectivity index (χ0) is 17.6. The number of amides is 1. The molecule has 2 aliphatic rings. The Hall–Kier alpha value is -2.21. The second kappa shape index (κ2) is 5.95. The molecule has 0 radical (unpaired) electrons. The van der Waals surface area contributed by atoms with Gasteiger partial charge in [-0.05, 0) is 29.9 Å². The minimum absolute atomic E-state index is 0.0905. The van der Waals surface area contributed by atoms with Gasteiger partial charge < -0.3 is 9.88 Å². The molecule has 130 valence electrons. The van der Waals surface area contributed by atoms with Crippen molar-refractivity contribution in [2.45, 2.75) is 25.2 Å². The maximum Gasteiger partial charge on any atom is 0.272 e. The minimum atomic E-state index is -0.416. The molecule has 1 amide bonds. The number of H-pyrrole nitrogens is 1. The molecule has 1 saturated heterocycles. The van der Waals surface area contributed by atoms with Gasteiger partial charge in [0.1, 0.15) is 11.5 Å². The van der Waals surface area contributed by atoms with E-state index in [2.05, 4.69) is 9.97 Å². The molecule has 25 heavy (non-hydrogen) atoms. The average molecular weight is 362 g/mol. The fourth-order valence-corrected chi connectivity index (χ4v) is 4.32. The zero-order valence-corrected chi connectivity index (χ0v) is 14.2. The summed E-state index contributed by atoms with van der Waals surface area (Å²) in [4.78, 5) is 32.2. The topological polar surface area (TPSA) is 66.1 Å². The number of nitrogens with one attached hydrogen (secondary N) is 1. The minimum Gasteiger partial charge on any atom is -0.336 e. The lowest BCUT2D eigenvalue weighted by Gasteiger charge is -2.43. The molecule has 1 saturated carbocycles. The predicted molar refractivity (Wildman–Crippen MR) is 91.2 cm³/mol. The van der Waals surface area contributed by atoms with E-state index in [0.717, 1.165) is 25.5 Å². The van der Waals surface area contributed by atoms with Crippen LogP contribution < -0.4 is 5.56 Å². The predicted octanol–water partition coefficient (Wildman–Crippen LogP) is 2.97. The summed E-state index contributed by atoms with van der Waals surface area (Å²) in [6.07, 6.45) is 5.46. The van der Waals surface area contributed by atoms with Gasteiger partial charge in [0.05, 0.1) is 17.4 Å². The number of hydrogen-bond acceptors (Lipinski definition) is 3. The van der Waals surface area contributed by atoms with E-state index in [0.29, 0.717) is 18.7 Å². The van der Waals surface area contributed by atoms with Crippen molar-refractivity contribution in [3.05, 3.63) is 63.0 Å². The Morgan fingerprint density at radius 1 is 1.36 bits per heavy atom. The highest BCUT2D eigenvalue weighted by atomic mass is 35.5. The van der Waals surface area contributed by atoms with Gasteiger partial charge in [-0.3, -0.25) is 14.6 Å². The highest BCUT2D eigenvalue weighted by Gasteiger charge is 2.52. The lowest BCUT2D eigenvalue weighted by atomic mass is 9.61. The van der Waals surface area contributed by atoms with Crippen LogP contribution in [0.4, 0.5) is 4.39 Å². The molecule has 1 aliphatic heterocycles. The first-order valence-electron chi connectivity index (χ1n) is 8.28. The molecule has 1 aliphatic carbocycles. The molecule has 1 spiro atoms. The van der Waals surface area contributed by atoms with Crippen LogP contribution in [0.5, 0.6) is 0 Å². The summed E-state index contributed by atoms with van der Waals surface area (Å²) >= 11 is 5.96. The van der Waals surface area contributed by atoms with E-state index in [-0.39, 0.29) is 28.0 Å². The number of carbonyl (C=O) groups is 1. The average Bonchev–Trinajstić information content (AvgIpc) is 2.97. The van der Waals surface area contributed by atoms with Crippen molar-refractivity contribution in [1.82, 2.24) is 14.9 Å². The number of aromatic nitrogens is 2. The summed E-state index contributed by atoms with van der Waals surface area (Å²) in [5.74, 6) is -0.766. The number of benzene rings is 1. The summed E-state index contributed by atoms with van der Waals surface area (Å²) in [6, 6.07) is 5.04. The van der Waals surface area contributed by atoms with E-state index in [9.17, 15) is 14.0 Å². The van der Waals surface area contributed by atoms with E-state index in [1.165, 1.54) is 12.3 Å². The number of rotatable bonds is 2. The molecular weight excluding hydrogens is 345 g/mol. The molecule has 2 heterocycles. The molecule has 1 atom stereocenters. The first kappa shape index (κ1) is 16.3. The standard InChI is InChI=1S/C18H17ClFN3O2/c19-13-4-1-3-11(16(13)20)12-9-23(10-18(12)5-2-6-18)17(25)14-7-21-8-15(24)22-14/h1,3-4,7-8,12H,2,5-6,9-10H2,(H,22,24)/t12-/m1/s1. The largest absolute Gasteiger partial charge is 0.336 e. The van der Waals surface area contributed by atoms with E-state index >= 15 is 0 Å². The van der Waals surface area contributed by atoms with Crippen LogP contribution in [0.25, 0.3) is 0 Å². The molecule has 1 aromatic heterocycles. The maximum absolute atomic E-state index is 14.6. The highest BCUT2D eigenvalue weighted by molar-refractivity contribution is 6.30. The molecule has 0 unspecified atom stereocenters. The van der Waals surface area contributed by atoms with Crippen LogP contribution in [0, 0.1) is 11.2 Å². The maximum atomic E-state index is 14.6. The Morgan fingerprint density at radius 2 is 2.16 bits per heavy atom. The van der Waals surface area contributed by atoms with Crippen molar-refractivity contribution in [2.75, 3.05) is 13.1 Å². The normalized spacial score (nSPS) is 21.4. The van der Waals surface area contributed by atoms with Crippen LogP contribution in [0.15, 0.2) is 35.4 Å². The Kier molecular flexibility index (Phi) is 3.87. The number of likely N-dealkylation sites (tertiary alicyclic amines) is 1. The van der Waals surface area contributed by atoms with Gasteiger partial charge in [-0.1, -0.05) is 30.2 Å². The van der Waals surface area contributed by atoms with Crippen molar-refractivity contribution in [3.8, 4) is 0 Å². The van der Waals surface area contributed by atoms with E-state index in [1.807, 2.05) is 0 Å². The smallest absolute Gasteiger partial charge is 0.272 e. The Labute approximate surface area is 148 Å². The SMILES string of the molecule is O=C(c1cncc(=O)[nH]1)N1C[C@H](c2cccc(Cl)c2F)C2(CCC2)C1. The Morgan fingerprint density at radius 3 is 2.84 bits per heavy atom. The van der Waals surface area contributed by atoms with Gasteiger partial charge >= 0.3 is 0 Å². The number of carbonyl (C=O) groups excluding carboxylic acids is 1. The fourth-order valence-electron chi connectivity index (χ4n) is 4.13. The highest BCUT2D eigenvalue weighted by Crippen LogP contribution is 2.56. The third-order valence-corrected chi connectivity index (χ3v) is 5.82. The second-order valence-corrected chi connectivity index (χ2v) is 7.31. The zero-order valence-electron chi connectivity index (χ0n) is 13.5. The fraction of sp³-hybridized carbons (Fsp3) is 0.389. The lowest BCUT2D eigenvalue weighted by molar-refractivity contribution is 0.0718. The number of nitrogens with zero attached hydrogens (tertiary/aromatic N) is 2. The molecule has 1 aromatic carbocycles. The van der Waals surface area contributed by atoms with Gasteiger partial charge in [-0.2, -0.15) is 0 Å². The first-order chi connectivity index (χ1) is 12.0. The van der Waals surface area contributed by atoms with Gasteiger partial charge in [-0.15, -0.1) is 0 Å². The molecule has 5 nitrogen and oxygen atoms in total. The summed E-state index contributed by atoms with van der Waals surface area (Å²) < 4.78 is 14.6. The van der Waals surface area contributed by atoms with Gasteiger partial charge in [-0.25, -0.2) is 4.39 Å². The lowest BCUT2D eigenvalue weighted by Crippen LogP contribution is -2.38. The number of hydrogen-bond donors (Lipinski definition) is 1. The Bertz CT molecular complexity index is 894. The summed E-state index contributed by atoms with van der Waals surface area (Å²) in [5.41, 5.74) is 0.209. The van der Waals surface area contributed by atoms with Gasteiger partial charge in [0.2, 0.25) is 0 Å². The van der Waals surface area contributed by atoms with Crippen LogP contribution >= 0.6 is 11.6 Å². The van der Waals surface area contributed by atoms with Crippen LogP contribution in [-0.4, -0.2) is 33.9 Å². The van der Waals surface area contributed by atoms with Crippen LogP contribution in [-0.2, 0) is 0 Å². The molecule has 2 fully saturated rings. The summed E-state index contributed by atoms with van der Waals surface area (Å²) in [6.45, 7) is 0.965. The van der Waals surface area contributed by atoms with Crippen molar-refractivity contribution >= 4 is 17.5 Å². The molecule has 1 N–H and O–H groups in total. The first-order valence-corrected chi connectivity index (χ1v) is 8.65. The molecular formula is C18H17ClFN3O2. The van der Waals surface area contributed by atoms with Gasteiger partial charge in [0.25, 0.3) is 11.5 Å². The second-order valence-electron chi connectivity index (χ2n) is 6.91. The van der Waals surface area contributed by atoms with E-state index in [1.54, 1.807) is 17.0 Å². The number of aromatic amines is 1. The Balaban J connectivity index is 1.67. The van der Waals surface area contributed by atoms with Gasteiger partial charge in [0.15, 0.2) is 0 Å². The third-order valence-electron chi connectivity index (χ3n) is 5.53. The van der Waals surface area contributed by atoms with Crippen LogP contribution in [0.3, 0.4) is 0 Å². The number of halogens is 2. The summed E-state index contributed by atoms with van der Waals surface area (Å²) in [7, 11) is 0. The third kappa shape index (κ3) is 2.65. The summed E-state index contributed by atoms with van der Waals surface area (Å²) in [5, 5.41) is 0.105. The molecule has 7 heteroatoms. The van der Waals surface area contributed by atoms with Crippen molar-refractivity contribution in [2.24, 2.45) is 5.41 Å². The van der Waals surface area contributed by atoms with E-state index in [4.69, 9.17) is 11.6 Å². The van der Waals surface area contributed by atoms with Crippen LogP contribution in [0.2, 0.25) is 5.02 Å². The van der Waals surface area contributed by atoms with Crippen LogP contribution in [0.1, 0.15) is 41.2 Å². The van der Waals surface area contributed by atoms with Crippen molar-refractivity contribution in [3.63, 3.8) is 0 Å². The quantitative estimate of drug-likeness (QED) is 0.894. The monoisotopic (exact) mass is 361 g/mol. The molecule has 0 bridgehead atoms. The van der Waals surface area contributed by atoms with Crippen molar-refractivity contribution < 1.29 is 9.18 Å². The van der Waals surface area contributed by atoms with E-state index < -0.39 is 11.4 Å². The van der Waals surface area contributed by atoms with Gasteiger partial charge in [0, 0.05) is 19.0 Å².